The van der Waals surface area contributed by atoms with Gasteiger partial charge in [-0.3, -0.25) is 9.47 Å². The second-order valence-electron chi connectivity index (χ2n) is 6.86. The first-order chi connectivity index (χ1) is 13.6. The van der Waals surface area contributed by atoms with Gasteiger partial charge in [0.05, 0.1) is 11.8 Å². The maximum Gasteiger partial charge on any atom is 0.321 e. The van der Waals surface area contributed by atoms with E-state index < -0.39 is 0 Å². The van der Waals surface area contributed by atoms with Crippen LogP contribution in [0.15, 0.2) is 48.9 Å². The predicted octanol–water partition coefficient (Wildman–Crippen LogP) is 2.73. The molecule has 1 saturated heterocycles. The number of fused-ring (bicyclic) bond motifs is 1. The lowest BCUT2D eigenvalue weighted by Crippen LogP contribution is -2.27. The average Bonchev–Trinajstić information content (AvgIpc) is 3.40. The third-order valence-corrected chi connectivity index (χ3v) is 4.94. The quantitative estimate of drug-likeness (QED) is 0.599. The Morgan fingerprint density at radius 2 is 2.00 bits per heavy atom. The molecule has 1 aliphatic rings. The van der Waals surface area contributed by atoms with Crippen LogP contribution in [0.1, 0.15) is 11.4 Å². The number of aromatic nitrogens is 5. The Bertz CT molecular complexity index is 1210. The lowest BCUT2D eigenvalue weighted by atomic mass is 10.2. The molecule has 0 atom stereocenters. The number of amides is 2. The van der Waals surface area contributed by atoms with Crippen LogP contribution in [-0.2, 0) is 0 Å². The van der Waals surface area contributed by atoms with Crippen molar-refractivity contribution in [3.05, 3.63) is 60.3 Å². The van der Waals surface area contributed by atoms with E-state index in [1.54, 1.807) is 17.3 Å². The Labute approximate surface area is 161 Å². The predicted molar refractivity (Wildman–Crippen MR) is 106 cm³/mol. The van der Waals surface area contributed by atoms with Crippen LogP contribution in [0, 0.1) is 13.8 Å². The number of rotatable bonds is 3. The second-order valence-corrected chi connectivity index (χ2v) is 6.86. The van der Waals surface area contributed by atoms with E-state index >= 15 is 0 Å². The molecule has 5 rings (SSSR count). The highest BCUT2D eigenvalue weighted by atomic mass is 16.2. The zero-order chi connectivity index (χ0) is 19.3. The number of carbonyl (C=O) groups excluding carboxylic acids is 1. The summed E-state index contributed by atoms with van der Waals surface area (Å²) in [5.74, 6) is 0.760. The molecule has 4 heterocycles. The Kier molecular flexibility index (Phi) is 3.65. The van der Waals surface area contributed by atoms with E-state index in [1.807, 2.05) is 59.5 Å². The Hall–Kier alpha value is -3.68. The van der Waals surface area contributed by atoms with Gasteiger partial charge in [0.1, 0.15) is 5.82 Å². The standard InChI is InChI=1S/C20H19N7O/c1-13-10-14(2)27-19(24-13)17(12-23-27)18-21-6-8-25(18)15-4-3-5-16(11-15)26-9-7-22-20(26)28/h3-6,8,10-12H,7,9H2,1-2H3,(H,22,28). The monoisotopic (exact) mass is 373 g/mol. The van der Waals surface area contributed by atoms with Crippen LogP contribution in [0.2, 0.25) is 0 Å². The molecule has 0 bridgehead atoms. The molecule has 8 heteroatoms. The fraction of sp³-hybridized carbons (Fsp3) is 0.200. The van der Waals surface area contributed by atoms with Crippen molar-refractivity contribution < 1.29 is 4.79 Å². The van der Waals surface area contributed by atoms with Crippen molar-refractivity contribution in [1.82, 2.24) is 29.5 Å². The Morgan fingerprint density at radius 1 is 1.14 bits per heavy atom. The molecule has 3 aromatic heterocycles. The molecule has 1 aliphatic heterocycles. The number of imidazole rings is 1. The molecule has 28 heavy (non-hydrogen) atoms. The normalized spacial score (nSPS) is 14.1. The summed E-state index contributed by atoms with van der Waals surface area (Å²) in [5, 5.41) is 7.32. The first-order valence-corrected chi connectivity index (χ1v) is 9.13. The lowest BCUT2D eigenvalue weighted by Gasteiger charge is -2.16. The molecule has 1 fully saturated rings. The molecule has 0 unspecified atom stereocenters. The van der Waals surface area contributed by atoms with E-state index in [2.05, 4.69) is 20.4 Å². The number of aryl methyl sites for hydroxylation is 2. The van der Waals surface area contributed by atoms with Gasteiger partial charge in [-0.2, -0.15) is 5.10 Å². The topological polar surface area (TPSA) is 80.4 Å². The summed E-state index contributed by atoms with van der Waals surface area (Å²) in [5.41, 5.74) is 5.38. The van der Waals surface area contributed by atoms with Crippen molar-refractivity contribution in [2.24, 2.45) is 0 Å². The zero-order valence-electron chi connectivity index (χ0n) is 15.6. The van der Waals surface area contributed by atoms with Gasteiger partial charge in [-0.25, -0.2) is 19.3 Å². The van der Waals surface area contributed by atoms with Crippen LogP contribution >= 0.6 is 0 Å². The number of carbonyl (C=O) groups is 1. The highest BCUT2D eigenvalue weighted by molar-refractivity contribution is 5.94. The summed E-state index contributed by atoms with van der Waals surface area (Å²) in [7, 11) is 0. The first kappa shape index (κ1) is 16.5. The lowest BCUT2D eigenvalue weighted by molar-refractivity contribution is 0.252. The smallest absolute Gasteiger partial charge is 0.321 e. The third kappa shape index (κ3) is 2.53. The fourth-order valence-electron chi connectivity index (χ4n) is 3.67. The minimum absolute atomic E-state index is 0.0687. The number of nitrogens with zero attached hydrogens (tertiary/aromatic N) is 6. The highest BCUT2D eigenvalue weighted by Gasteiger charge is 2.22. The zero-order valence-corrected chi connectivity index (χ0v) is 15.6. The van der Waals surface area contributed by atoms with E-state index in [0.717, 1.165) is 39.8 Å². The number of nitrogens with one attached hydrogen (secondary N) is 1. The molecule has 8 nitrogen and oxygen atoms in total. The number of hydrogen-bond acceptors (Lipinski definition) is 4. The Balaban J connectivity index is 1.62. The van der Waals surface area contributed by atoms with Crippen LogP contribution in [0.5, 0.6) is 0 Å². The number of anilines is 1. The summed E-state index contributed by atoms with van der Waals surface area (Å²) in [4.78, 5) is 23.0. The molecule has 0 spiro atoms. The van der Waals surface area contributed by atoms with E-state index in [4.69, 9.17) is 0 Å². The van der Waals surface area contributed by atoms with Crippen molar-refractivity contribution >= 4 is 17.4 Å². The van der Waals surface area contributed by atoms with Gasteiger partial charge in [0.15, 0.2) is 5.65 Å². The van der Waals surface area contributed by atoms with Crippen LogP contribution in [0.4, 0.5) is 10.5 Å². The molecule has 140 valence electrons. The van der Waals surface area contributed by atoms with E-state index in [-0.39, 0.29) is 6.03 Å². The van der Waals surface area contributed by atoms with Crippen LogP contribution in [0.3, 0.4) is 0 Å². The average molecular weight is 373 g/mol. The first-order valence-electron chi connectivity index (χ1n) is 9.13. The van der Waals surface area contributed by atoms with Crippen LogP contribution in [-0.4, -0.2) is 43.3 Å². The van der Waals surface area contributed by atoms with Crippen molar-refractivity contribution in [3.63, 3.8) is 0 Å². The number of benzene rings is 1. The molecule has 4 aromatic rings. The fourth-order valence-corrected chi connectivity index (χ4v) is 3.67. The summed E-state index contributed by atoms with van der Waals surface area (Å²) in [6.07, 6.45) is 5.47. The van der Waals surface area contributed by atoms with E-state index in [1.165, 1.54) is 0 Å². The summed E-state index contributed by atoms with van der Waals surface area (Å²) >= 11 is 0. The van der Waals surface area contributed by atoms with Gasteiger partial charge < -0.3 is 5.32 Å². The highest BCUT2D eigenvalue weighted by Crippen LogP contribution is 2.27. The maximum atomic E-state index is 12.0. The van der Waals surface area contributed by atoms with Crippen LogP contribution in [0.25, 0.3) is 22.7 Å². The van der Waals surface area contributed by atoms with Gasteiger partial charge in [0.25, 0.3) is 0 Å². The van der Waals surface area contributed by atoms with Crippen molar-refractivity contribution in [3.8, 4) is 17.1 Å². The number of urea groups is 1. The maximum absolute atomic E-state index is 12.0. The van der Waals surface area contributed by atoms with Gasteiger partial charge in [-0.1, -0.05) is 6.07 Å². The minimum atomic E-state index is -0.0687. The van der Waals surface area contributed by atoms with Gasteiger partial charge in [-0.15, -0.1) is 0 Å². The van der Waals surface area contributed by atoms with E-state index in [9.17, 15) is 4.79 Å². The number of hydrogen-bond donors (Lipinski definition) is 1. The van der Waals surface area contributed by atoms with Gasteiger partial charge >= 0.3 is 6.03 Å². The van der Waals surface area contributed by atoms with Crippen molar-refractivity contribution in [2.45, 2.75) is 13.8 Å². The summed E-state index contributed by atoms with van der Waals surface area (Å²) in [6.45, 7) is 5.30. The SMILES string of the molecule is Cc1cc(C)n2ncc(-c3nccn3-c3cccc(N4CCNC4=O)c3)c2n1. The third-order valence-electron chi connectivity index (χ3n) is 4.94. The molecule has 0 aliphatic carbocycles. The largest absolute Gasteiger partial charge is 0.336 e. The van der Waals surface area contributed by atoms with Gasteiger partial charge in [0.2, 0.25) is 0 Å². The molecule has 1 aromatic carbocycles. The van der Waals surface area contributed by atoms with Crippen molar-refractivity contribution in [2.75, 3.05) is 18.0 Å². The second kappa shape index (κ2) is 6.19. The molecule has 0 radical (unpaired) electrons. The molecular formula is C20H19N7O. The molecule has 0 saturated carbocycles. The van der Waals surface area contributed by atoms with Gasteiger partial charge in [-0.05, 0) is 38.1 Å². The molecule has 1 N–H and O–H groups in total. The van der Waals surface area contributed by atoms with E-state index in [0.29, 0.717) is 13.1 Å². The molecule has 2 amide bonds. The summed E-state index contributed by atoms with van der Waals surface area (Å²) < 4.78 is 3.82. The van der Waals surface area contributed by atoms with Crippen LogP contribution < -0.4 is 10.2 Å². The minimum Gasteiger partial charge on any atom is -0.336 e. The Morgan fingerprint density at radius 3 is 2.82 bits per heavy atom. The van der Waals surface area contributed by atoms with Crippen molar-refractivity contribution in [1.29, 1.82) is 0 Å². The summed E-state index contributed by atoms with van der Waals surface area (Å²) in [6, 6.07) is 9.81. The van der Waals surface area contributed by atoms with Gasteiger partial charge in [0, 0.05) is 48.2 Å². The molecular weight excluding hydrogens is 354 g/mol.